The van der Waals surface area contributed by atoms with Crippen LogP contribution in [0.1, 0.15) is 18.1 Å². The molecule has 0 atom stereocenters. The van der Waals surface area contributed by atoms with Gasteiger partial charge in [0.25, 0.3) is 0 Å². The summed E-state index contributed by atoms with van der Waals surface area (Å²) in [6, 6.07) is 17.1. The Morgan fingerprint density at radius 1 is 1.05 bits per heavy atom. The van der Waals surface area contributed by atoms with Crippen LogP contribution in [0.15, 0.2) is 48.5 Å². The first-order valence-corrected chi connectivity index (χ1v) is 6.88. The molecule has 0 saturated heterocycles. The Labute approximate surface area is 115 Å². The van der Waals surface area contributed by atoms with E-state index in [1.165, 1.54) is 22.5 Å². The van der Waals surface area contributed by atoms with Crippen LogP contribution in [0.25, 0.3) is 0 Å². The maximum Gasteiger partial charge on any atom is 0.0443 e. The first kappa shape index (κ1) is 13.6. The molecule has 0 aromatic heterocycles. The van der Waals surface area contributed by atoms with Gasteiger partial charge in [-0.1, -0.05) is 35.9 Å². The highest BCUT2D eigenvalue weighted by Crippen LogP contribution is 2.29. The molecule has 2 aromatic carbocycles. The molecular formula is C17H22N2. The number of rotatable bonds is 5. The van der Waals surface area contributed by atoms with Crippen LogP contribution < -0.4 is 10.6 Å². The summed E-state index contributed by atoms with van der Waals surface area (Å²) >= 11 is 0. The van der Waals surface area contributed by atoms with Crippen LogP contribution in [-0.4, -0.2) is 13.1 Å². The fourth-order valence-corrected chi connectivity index (χ4v) is 2.43. The lowest BCUT2D eigenvalue weighted by Gasteiger charge is -2.26. The van der Waals surface area contributed by atoms with Crippen molar-refractivity contribution in [3.63, 3.8) is 0 Å². The van der Waals surface area contributed by atoms with Crippen molar-refractivity contribution in [3.8, 4) is 0 Å². The van der Waals surface area contributed by atoms with E-state index in [-0.39, 0.29) is 0 Å². The summed E-state index contributed by atoms with van der Waals surface area (Å²) in [6.07, 6.45) is 0.917. The molecule has 0 unspecified atom stereocenters. The average molecular weight is 254 g/mol. The normalized spacial score (nSPS) is 10.5. The van der Waals surface area contributed by atoms with E-state index in [0.29, 0.717) is 6.54 Å². The monoisotopic (exact) mass is 254 g/mol. The van der Waals surface area contributed by atoms with Crippen LogP contribution in [0.5, 0.6) is 0 Å². The van der Waals surface area contributed by atoms with E-state index < -0.39 is 0 Å². The summed E-state index contributed by atoms with van der Waals surface area (Å²) in [4.78, 5) is 2.34. The van der Waals surface area contributed by atoms with Crippen LogP contribution in [0.4, 0.5) is 11.4 Å². The van der Waals surface area contributed by atoms with E-state index in [0.717, 1.165) is 13.0 Å². The highest BCUT2D eigenvalue weighted by atomic mass is 15.1. The molecule has 0 aliphatic heterocycles. The fourth-order valence-electron chi connectivity index (χ4n) is 2.43. The third-order valence-electron chi connectivity index (χ3n) is 3.32. The number of hydrogen-bond acceptors (Lipinski definition) is 2. The molecule has 0 amide bonds. The maximum absolute atomic E-state index is 5.74. The van der Waals surface area contributed by atoms with Crippen LogP contribution in [0.3, 0.4) is 0 Å². The van der Waals surface area contributed by atoms with Crippen LogP contribution in [0.2, 0.25) is 0 Å². The fraction of sp³-hybridized carbons (Fsp3) is 0.294. The van der Waals surface area contributed by atoms with Gasteiger partial charge in [-0.15, -0.1) is 0 Å². The number of anilines is 2. The third-order valence-corrected chi connectivity index (χ3v) is 3.32. The predicted molar refractivity (Wildman–Crippen MR) is 83.1 cm³/mol. The number of nitrogens with two attached hydrogens (primary N) is 1. The summed E-state index contributed by atoms with van der Waals surface area (Å²) in [6.45, 7) is 5.94. The summed E-state index contributed by atoms with van der Waals surface area (Å²) in [5, 5.41) is 0. The maximum atomic E-state index is 5.74. The Balaban J connectivity index is 2.43. The van der Waals surface area contributed by atoms with Gasteiger partial charge < -0.3 is 10.6 Å². The zero-order valence-electron chi connectivity index (χ0n) is 11.8. The number of aryl methyl sites for hydroxylation is 1. The lowest BCUT2D eigenvalue weighted by molar-refractivity contribution is 0.940. The van der Waals surface area contributed by atoms with Crippen molar-refractivity contribution in [3.05, 3.63) is 59.7 Å². The number of hydrogen-bond donors (Lipinski definition) is 1. The van der Waals surface area contributed by atoms with Gasteiger partial charge in [-0.05, 0) is 50.6 Å². The first-order valence-electron chi connectivity index (χ1n) is 6.88. The lowest BCUT2D eigenvalue weighted by Crippen LogP contribution is -2.18. The van der Waals surface area contributed by atoms with Crippen LogP contribution >= 0.6 is 0 Å². The minimum atomic E-state index is 0.683. The Hall–Kier alpha value is -1.80. The zero-order chi connectivity index (χ0) is 13.7. The Morgan fingerprint density at radius 2 is 1.79 bits per heavy atom. The summed E-state index contributed by atoms with van der Waals surface area (Å²) in [7, 11) is 0. The Kier molecular flexibility index (Phi) is 4.58. The van der Waals surface area contributed by atoms with E-state index in [1.54, 1.807) is 0 Å². The molecule has 0 aliphatic carbocycles. The van der Waals surface area contributed by atoms with E-state index >= 15 is 0 Å². The van der Waals surface area contributed by atoms with Crippen LogP contribution in [-0.2, 0) is 6.42 Å². The molecule has 2 rings (SSSR count). The van der Waals surface area contributed by atoms with Gasteiger partial charge in [0.05, 0.1) is 0 Å². The summed E-state index contributed by atoms with van der Waals surface area (Å²) < 4.78 is 0. The van der Waals surface area contributed by atoms with E-state index in [9.17, 15) is 0 Å². The lowest BCUT2D eigenvalue weighted by atomic mass is 10.0. The second kappa shape index (κ2) is 6.39. The Morgan fingerprint density at radius 3 is 2.42 bits per heavy atom. The van der Waals surface area contributed by atoms with Gasteiger partial charge >= 0.3 is 0 Å². The molecule has 2 aromatic rings. The van der Waals surface area contributed by atoms with Gasteiger partial charge in [0.2, 0.25) is 0 Å². The quantitative estimate of drug-likeness (QED) is 0.882. The molecule has 0 fully saturated rings. The van der Waals surface area contributed by atoms with Gasteiger partial charge in [-0.2, -0.15) is 0 Å². The number of para-hydroxylation sites is 1. The number of nitrogens with zero attached hydrogens (tertiary/aromatic N) is 1. The van der Waals surface area contributed by atoms with E-state index in [1.807, 2.05) is 6.07 Å². The largest absolute Gasteiger partial charge is 0.342 e. The van der Waals surface area contributed by atoms with Crippen molar-refractivity contribution < 1.29 is 0 Å². The number of benzene rings is 2. The van der Waals surface area contributed by atoms with Gasteiger partial charge in [0, 0.05) is 17.9 Å². The van der Waals surface area contributed by atoms with Crippen molar-refractivity contribution in [2.24, 2.45) is 5.73 Å². The second-order valence-corrected chi connectivity index (χ2v) is 4.75. The zero-order valence-corrected chi connectivity index (χ0v) is 11.8. The predicted octanol–water partition coefficient (Wildman–Crippen LogP) is 3.65. The van der Waals surface area contributed by atoms with E-state index in [4.69, 9.17) is 5.73 Å². The molecule has 0 radical (unpaired) electrons. The van der Waals surface area contributed by atoms with Gasteiger partial charge in [0.15, 0.2) is 0 Å². The minimum absolute atomic E-state index is 0.683. The van der Waals surface area contributed by atoms with Gasteiger partial charge in [0.1, 0.15) is 0 Å². The van der Waals surface area contributed by atoms with Crippen molar-refractivity contribution in [2.75, 3.05) is 18.0 Å². The van der Waals surface area contributed by atoms with Gasteiger partial charge in [-0.3, -0.25) is 0 Å². The van der Waals surface area contributed by atoms with E-state index in [2.05, 4.69) is 61.2 Å². The van der Waals surface area contributed by atoms with Crippen molar-refractivity contribution in [2.45, 2.75) is 20.3 Å². The minimum Gasteiger partial charge on any atom is -0.342 e. The summed E-state index contributed by atoms with van der Waals surface area (Å²) in [5.41, 5.74) is 10.9. The van der Waals surface area contributed by atoms with Crippen molar-refractivity contribution >= 4 is 11.4 Å². The summed E-state index contributed by atoms with van der Waals surface area (Å²) in [5.74, 6) is 0. The molecule has 2 nitrogen and oxygen atoms in total. The molecule has 0 bridgehead atoms. The Bertz CT molecular complexity index is 520. The topological polar surface area (TPSA) is 29.3 Å². The SMILES string of the molecule is CCN(c1ccccc1)c1ccc(C)cc1CCN. The third kappa shape index (κ3) is 3.15. The van der Waals surface area contributed by atoms with Crippen molar-refractivity contribution in [1.29, 1.82) is 0 Å². The molecule has 100 valence electrons. The standard InChI is InChI=1S/C17H22N2/c1-3-19(16-7-5-4-6-8-16)17-10-9-14(2)13-15(17)11-12-18/h4-10,13H,3,11-12,18H2,1-2H3. The second-order valence-electron chi connectivity index (χ2n) is 4.75. The molecule has 2 N–H and O–H groups in total. The molecule has 0 saturated carbocycles. The first-order chi connectivity index (χ1) is 9.26. The molecule has 0 heterocycles. The van der Waals surface area contributed by atoms with Gasteiger partial charge in [-0.25, -0.2) is 0 Å². The highest BCUT2D eigenvalue weighted by Gasteiger charge is 2.11. The highest BCUT2D eigenvalue weighted by molar-refractivity contribution is 5.66. The average Bonchev–Trinajstić information content (AvgIpc) is 2.43. The molecular weight excluding hydrogens is 232 g/mol. The molecule has 0 spiro atoms. The van der Waals surface area contributed by atoms with Crippen molar-refractivity contribution in [1.82, 2.24) is 0 Å². The molecule has 0 aliphatic rings. The molecule has 19 heavy (non-hydrogen) atoms. The molecule has 2 heteroatoms. The smallest absolute Gasteiger partial charge is 0.0443 e. The van der Waals surface area contributed by atoms with Crippen LogP contribution in [0, 0.1) is 6.92 Å².